The van der Waals surface area contributed by atoms with Crippen LogP contribution in [0.2, 0.25) is 0 Å². The zero-order valence-corrected chi connectivity index (χ0v) is 10.6. The molecule has 0 amide bonds. The quantitative estimate of drug-likeness (QED) is 0.682. The summed E-state index contributed by atoms with van der Waals surface area (Å²) < 4.78 is 0. The summed E-state index contributed by atoms with van der Waals surface area (Å²) in [6, 6.07) is 0. The molecule has 0 rings (SSSR count). The zero-order chi connectivity index (χ0) is 11.1. The summed E-state index contributed by atoms with van der Waals surface area (Å²) >= 11 is 0. The normalized spacial score (nSPS) is 16.3. The van der Waals surface area contributed by atoms with E-state index in [1.54, 1.807) is 0 Å². The zero-order valence-electron chi connectivity index (χ0n) is 10.6. The van der Waals surface area contributed by atoms with Crippen molar-refractivity contribution >= 4 is 0 Å². The lowest BCUT2D eigenvalue weighted by Gasteiger charge is -2.27. The minimum absolute atomic E-state index is 0.643. The fourth-order valence-corrected chi connectivity index (χ4v) is 1.69. The molecular weight excluding hydrogens is 172 g/mol. The molecule has 0 saturated carbocycles. The van der Waals surface area contributed by atoms with E-state index >= 15 is 0 Å². The van der Waals surface area contributed by atoms with Crippen molar-refractivity contribution in [1.82, 2.24) is 4.90 Å². The molecule has 2 unspecified atom stereocenters. The summed E-state index contributed by atoms with van der Waals surface area (Å²) in [7, 11) is 2.21. The first-order chi connectivity index (χ1) is 6.51. The smallest absolute Gasteiger partial charge is 0.00212 e. The number of hydrogen-bond donors (Lipinski definition) is 1. The van der Waals surface area contributed by atoms with Gasteiger partial charge in [-0.05, 0) is 31.3 Å². The standard InChI is InChI=1S/C12H28N2/c1-6-11(4)8-14(5)9-12(7-13)10(2)3/h10-12H,6-9,13H2,1-5H3. The Balaban J connectivity index is 3.84. The van der Waals surface area contributed by atoms with Crippen molar-refractivity contribution in [2.24, 2.45) is 23.5 Å². The SMILES string of the molecule is CCC(C)CN(C)CC(CN)C(C)C. The third kappa shape index (κ3) is 5.61. The molecule has 0 heterocycles. The maximum Gasteiger partial charge on any atom is 0.00212 e. The van der Waals surface area contributed by atoms with E-state index in [1.165, 1.54) is 13.0 Å². The van der Waals surface area contributed by atoms with Crippen LogP contribution in [0, 0.1) is 17.8 Å². The van der Waals surface area contributed by atoms with E-state index in [4.69, 9.17) is 5.73 Å². The lowest BCUT2D eigenvalue weighted by molar-refractivity contribution is 0.215. The number of nitrogens with zero attached hydrogens (tertiary/aromatic N) is 1. The maximum absolute atomic E-state index is 5.76. The van der Waals surface area contributed by atoms with Crippen LogP contribution in [0.3, 0.4) is 0 Å². The van der Waals surface area contributed by atoms with E-state index in [0.717, 1.165) is 19.0 Å². The average molecular weight is 200 g/mol. The minimum atomic E-state index is 0.643. The highest BCUT2D eigenvalue weighted by atomic mass is 15.1. The van der Waals surface area contributed by atoms with Gasteiger partial charge in [0.15, 0.2) is 0 Å². The Morgan fingerprint density at radius 3 is 2.07 bits per heavy atom. The first kappa shape index (κ1) is 13.9. The van der Waals surface area contributed by atoms with Crippen molar-refractivity contribution in [2.75, 3.05) is 26.7 Å². The van der Waals surface area contributed by atoms with E-state index in [9.17, 15) is 0 Å². The third-order valence-corrected chi connectivity index (χ3v) is 3.11. The van der Waals surface area contributed by atoms with Crippen molar-refractivity contribution in [3.05, 3.63) is 0 Å². The topological polar surface area (TPSA) is 29.3 Å². The Morgan fingerprint density at radius 2 is 1.71 bits per heavy atom. The molecule has 2 N–H and O–H groups in total. The fraction of sp³-hybridized carbons (Fsp3) is 1.00. The second-order valence-corrected chi connectivity index (χ2v) is 4.97. The second kappa shape index (κ2) is 7.24. The van der Waals surface area contributed by atoms with Gasteiger partial charge in [0.05, 0.1) is 0 Å². The summed E-state index contributed by atoms with van der Waals surface area (Å²) in [5, 5.41) is 0. The first-order valence-electron chi connectivity index (χ1n) is 5.89. The van der Waals surface area contributed by atoms with E-state index in [1.807, 2.05) is 0 Å². The van der Waals surface area contributed by atoms with Crippen molar-refractivity contribution in [2.45, 2.75) is 34.1 Å². The van der Waals surface area contributed by atoms with Crippen LogP contribution in [-0.4, -0.2) is 31.6 Å². The molecule has 0 aliphatic heterocycles. The molecule has 0 saturated heterocycles. The van der Waals surface area contributed by atoms with Gasteiger partial charge in [0, 0.05) is 13.1 Å². The van der Waals surface area contributed by atoms with Crippen LogP contribution in [0.15, 0.2) is 0 Å². The highest BCUT2D eigenvalue weighted by molar-refractivity contribution is 4.68. The first-order valence-corrected chi connectivity index (χ1v) is 5.89. The maximum atomic E-state index is 5.76. The Labute approximate surface area is 89.9 Å². The molecule has 0 radical (unpaired) electrons. The number of rotatable bonds is 7. The van der Waals surface area contributed by atoms with Crippen LogP contribution in [-0.2, 0) is 0 Å². The Morgan fingerprint density at radius 1 is 1.14 bits per heavy atom. The summed E-state index contributed by atoms with van der Waals surface area (Å²) in [5.74, 6) is 2.13. The molecule has 2 atom stereocenters. The number of hydrogen-bond acceptors (Lipinski definition) is 2. The van der Waals surface area contributed by atoms with Crippen LogP contribution in [0.5, 0.6) is 0 Å². The molecule has 0 aromatic heterocycles. The molecule has 0 aliphatic rings. The van der Waals surface area contributed by atoms with Gasteiger partial charge < -0.3 is 10.6 Å². The van der Waals surface area contributed by atoms with Crippen LogP contribution in [0.25, 0.3) is 0 Å². The molecular formula is C12H28N2. The second-order valence-electron chi connectivity index (χ2n) is 4.97. The molecule has 2 nitrogen and oxygen atoms in total. The lowest BCUT2D eigenvalue weighted by Crippen LogP contribution is -2.35. The Bertz CT molecular complexity index is 134. The fourth-order valence-electron chi connectivity index (χ4n) is 1.69. The van der Waals surface area contributed by atoms with Crippen molar-refractivity contribution in [1.29, 1.82) is 0 Å². The van der Waals surface area contributed by atoms with E-state index in [0.29, 0.717) is 11.8 Å². The highest BCUT2D eigenvalue weighted by Gasteiger charge is 2.14. The Hall–Kier alpha value is -0.0800. The Kier molecular flexibility index (Phi) is 7.20. The van der Waals surface area contributed by atoms with Gasteiger partial charge in [0.1, 0.15) is 0 Å². The van der Waals surface area contributed by atoms with E-state index in [-0.39, 0.29) is 0 Å². The molecule has 14 heavy (non-hydrogen) atoms. The van der Waals surface area contributed by atoms with Crippen LogP contribution < -0.4 is 5.73 Å². The predicted octanol–water partition coefficient (Wildman–Crippen LogP) is 2.20. The van der Waals surface area contributed by atoms with Crippen LogP contribution >= 0.6 is 0 Å². The minimum Gasteiger partial charge on any atom is -0.330 e. The van der Waals surface area contributed by atoms with Crippen molar-refractivity contribution < 1.29 is 0 Å². The predicted molar refractivity (Wildman–Crippen MR) is 64.3 cm³/mol. The molecule has 0 fully saturated rings. The van der Waals surface area contributed by atoms with Crippen LogP contribution in [0.1, 0.15) is 34.1 Å². The van der Waals surface area contributed by atoms with Gasteiger partial charge in [0.25, 0.3) is 0 Å². The number of nitrogens with two attached hydrogens (primary N) is 1. The van der Waals surface area contributed by atoms with Crippen molar-refractivity contribution in [3.63, 3.8) is 0 Å². The summed E-state index contributed by atoms with van der Waals surface area (Å²) in [5.41, 5.74) is 5.76. The molecule has 0 aromatic rings. The molecule has 0 spiro atoms. The summed E-state index contributed by atoms with van der Waals surface area (Å²) in [6.45, 7) is 12.2. The van der Waals surface area contributed by atoms with Gasteiger partial charge in [-0.15, -0.1) is 0 Å². The van der Waals surface area contributed by atoms with E-state index < -0.39 is 0 Å². The van der Waals surface area contributed by atoms with Gasteiger partial charge >= 0.3 is 0 Å². The summed E-state index contributed by atoms with van der Waals surface area (Å²) in [4.78, 5) is 2.42. The average Bonchev–Trinajstić information content (AvgIpc) is 2.13. The van der Waals surface area contributed by atoms with Gasteiger partial charge in [-0.3, -0.25) is 0 Å². The van der Waals surface area contributed by atoms with Crippen molar-refractivity contribution in [3.8, 4) is 0 Å². The van der Waals surface area contributed by atoms with Gasteiger partial charge in [-0.2, -0.15) is 0 Å². The molecule has 0 bridgehead atoms. The molecule has 2 heteroatoms. The van der Waals surface area contributed by atoms with Crippen LogP contribution in [0.4, 0.5) is 0 Å². The third-order valence-electron chi connectivity index (χ3n) is 3.11. The lowest BCUT2D eigenvalue weighted by atomic mass is 9.95. The van der Waals surface area contributed by atoms with Gasteiger partial charge in [-0.25, -0.2) is 0 Å². The largest absolute Gasteiger partial charge is 0.330 e. The molecule has 86 valence electrons. The summed E-state index contributed by atoms with van der Waals surface area (Å²) in [6.07, 6.45) is 1.26. The highest BCUT2D eigenvalue weighted by Crippen LogP contribution is 2.12. The van der Waals surface area contributed by atoms with Gasteiger partial charge in [0.2, 0.25) is 0 Å². The monoisotopic (exact) mass is 200 g/mol. The van der Waals surface area contributed by atoms with E-state index in [2.05, 4.69) is 39.6 Å². The van der Waals surface area contributed by atoms with Gasteiger partial charge in [-0.1, -0.05) is 34.1 Å². The molecule has 0 aromatic carbocycles. The molecule has 0 aliphatic carbocycles.